The minimum atomic E-state index is -4.10. The molecule has 6 heteroatoms. The van der Waals surface area contributed by atoms with E-state index in [1.165, 1.54) is 0 Å². The number of hydrogen-bond donors (Lipinski definition) is 1. The number of piperidine rings is 1. The molecule has 72 valence electrons. The lowest BCUT2D eigenvalue weighted by atomic mass is 9.96. The second-order valence-corrected chi connectivity index (χ2v) is 4.43. The molecule has 0 bridgehead atoms. The highest BCUT2D eigenvalue weighted by molar-refractivity contribution is 14.1. The lowest BCUT2D eigenvalue weighted by Gasteiger charge is -2.33. The SMILES string of the molecule is NC1CC(C(F)(F)F)CN(I)C1. The van der Waals surface area contributed by atoms with Gasteiger partial charge in [0.05, 0.1) is 5.92 Å². The Labute approximate surface area is 82.8 Å². The van der Waals surface area contributed by atoms with Gasteiger partial charge in [0, 0.05) is 42.0 Å². The first kappa shape index (κ1) is 10.5. The van der Waals surface area contributed by atoms with Gasteiger partial charge in [0.15, 0.2) is 0 Å². The van der Waals surface area contributed by atoms with Crippen molar-refractivity contribution in [2.45, 2.75) is 18.6 Å². The van der Waals surface area contributed by atoms with Crippen LogP contribution >= 0.6 is 22.9 Å². The first-order valence-electron chi connectivity index (χ1n) is 3.62. The highest BCUT2D eigenvalue weighted by Gasteiger charge is 2.43. The molecule has 2 unspecified atom stereocenters. The maximum absolute atomic E-state index is 12.2. The fourth-order valence-electron chi connectivity index (χ4n) is 1.32. The zero-order chi connectivity index (χ0) is 9.35. The molecular formula is C6H10F3IN2. The van der Waals surface area contributed by atoms with Crippen LogP contribution in [0.5, 0.6) is 0 Å². The Morgan fingerprint density at radius 2 is 1.92 bits per heavy atom. The lowest BCUT2D eigenvalue weighted by molar-refractivity contribution is -0.182. The van der Waals surface area contributed by atoms with Crippen molar-refractivity contribution in [2.75, 3.05) is 13.1 Å². The highest BCUT2D eigenvalue weighted by Crippen LogP contribution is 2.33. The molecule has 0 amide bonds. The molecule has 1 saturated heterocycles. The lowest BCUT2D eigenvalue weighted by Crippen LogP contribution is -2.47. The Morgan fingerprint density at radius 3 is 2.33 bits per heavy atom. The van der Waals surface area contributed by atoms with Crippen molar-refractivity contribution in [3.8, 4) is 0 Å². The molecule has 2 nitrogen and oxygen atoms in total. The molecule has 0 aromatic rings. The molecule has 1 heterocycles. The maximum atomic E-state index is 12.2. The first-order chi connectivity index (χ1) is 5.39. The van der Waals surface area contributed by atoms with Crippen molar-refractivity contribution >= 4 is 22.9 Å². The van der Waals surface area contributed by atoms with Crippen LogP contribution in [-0.2, 0) is 0 Å². The van der Waals surface area contributed by atoms with Crippen molar-refractivity contribution in [1.82, 2.24) is 3.11 Å². The van der Waals surface area contributed by atoms with Crippen molar-refractivity contribution in [1.29, 1.82) is 0 Å². The second kappa shape index (κ2) is 3.67. The minimum absolute atomic E-state index is 0.0585. The number of nitrogens with two attached hydrogens (primary N) is 1. The fourth-order valence-corrected chi connectivity index (χ4v) is 2.30. The molecule has 2 atom stereocenters. The number of alkyl halides is 3. The smallest absolute Gasteiger partial charge is 0.326 e. The van der Waals surface area contributed by atoms with E-state index >= 15 is 0 Å². The molecular weight excluding hydrogens is 284 g/mol. The van der Waals surface area contributed by atoms with Gasteiger partial charge >= 0.3 is 6.18 Å². The third-order valence-corrected chi connectivity index (χ3v) is 2.69. The average molecular weight is 294 g/mol. The average Bonchev–Trinajstić information content (AvgIpc) is 1.82. The van der Waals surface area contributed by atoms with E-state index in [4.69, 9.17) is 5.73 Å². The molecule has 0 aromatic heterocycles. The third kappa shape index (κ3) is 2.74. The molecule has 12 heavy (non-hydrogen) atoms. The Morgan fingerprint density at radius 1 is 1.33 bits per heavy atom. The molecule has 0 spiro atoms. The van der Waals surface area contributed by atoms with E-state index < -0.39 is 12.1 Å². The second-order valence-electron chi connectivity index (χ2n) is 3.06. The largest absolute Gasteiger partial charge is 0.393 e. The maximum Gasteiger partial charge on any atom is 0.393 e. The summed E-state index contributed by atoms with van der Waals surface area (Å²) in [5.41, 5.74) is 5.47. The van der Waals surface area contributed by atoms with Gasteiger partial charge in [-0.25, -0.2) is 3.11 Å². The summed E-state index contributed by atoms with van der Waals surface area (Å²) < 4.78 is 38.2. The predicted octanol–water partition coefficient (Wildman–Crippen LogP) is 1.55. The van der Waals surface area contributed by atoms with Gasteiger partial charge in [-0.05, 0) is 6.42 Å². The van der Waals surface area contributed by atoms with Crippen LogP contribution in [0.15, 0.2) is 0 Å². The normalized spacial score (nSPS) is 33.8. The Balaban J connectivity index is 2.55. The topological polar surface area (TPSA) is 29.3 Å². The van der Waals surface area contributed by atoms with Crippen molar-refractivity contribution < 1.29 is 13.2 Å². The quantitative estimate of drug-likeness (QED) is 0.542. The van der Waals surface area contributed by atoms with E-state index in [0.717, 1.165) is 0 Å². The summed E-state index contributed by atoms with van der Waals surface area (Å²) in [4.78, 5) is 0. The summed E-state index contributed by atoms with van der Waals surface area (Å²) in [7, 11) is 0. The van der Waals surface area contributed by atoms with Crippen LogP contribution < -0.4 is 5.73 Å². The molecule has 1 aliphatic heterocycles. The van der Waals surface area contributed by atoms with Crippen LogP contribution in [-0.4, -0.2) is 28.4 Å². The summed E-state index contributed by atoms with van der Waals surface area (Å²) >= 11 is 1.88. The van der Waals surface area contributed by atoms with Gasteiger partial charge in [-0.2, -0.15) is 13.2 Å². The molecule has 1 fully saturated rings. The number of halogens is 4. The standard InChI is InChI=1S/C6H10F3IN2/c7-6(8,9)4-1-5(11)3-12(10)2-4/h4-5H,1-3,11H2. The summed E-state index contributed by atoms with van der Waals surface area (Å²) in [5.74, 6) is -1.25. The van der Waals surface area contributed by atoms with E-state index in [9.17, 15) is 13.2 Å². The monoisotopic (exact) mass is 294 g/mol. The van der Waals surface area contributed by atoms with Gasteiger partial charge in [0.2, 0.25) is 0 Å². The Kier molecular flexibility index (Phi) is 3.21. The van der Waals surface area contributed by atoms with E-state index in [2.05, 4.69) is 0 Å². The minimum Gasteiger partial charge on any atom is -0.326 e. The Bertz CT molecular complexity index is 151. The van der Waals surface area contributed by atoms with Crippen molar-refractivity contribution in [3.63, 3.8) is 0 Å². The third-order valence-electron chi connectivity index (χ3n) is 1.90. The van der Waals surface area contributed by atoms with E-state index in [0.29, 0.717) is 6.54 Å². The Hall–Kier alpha value is 0.440. The first-order valence-corrected chi connectivity index (χ1v) is 4.59. The summed E-state index contributed by atoms with van der Waals surface area (Å²) in [6.45, 7) is 0.616. The summed E-state index contributed by atoms with van der Waals surface area (Å²) in [5, 5.41) is 0. The van der Waals surface area contributed by atoms with Gasteiger partial charge in [0.1, 0.15) is 0 Å². The summed E-state index contributed by atoms with van der Waals surface area (Å²) in [6, 6.07) is -0.345. The van der Waals surface area contributed by atoms with Crippen molar-refractivity contribution in [3.05, 3.63) is 0 Å². The predicted molar refractivity (Wildman–Crippen MR) is 47.7 cm³/mol. The van der Waals surface area contributed by atoms with Gasteiger partial charge in [-0.1, -0.05) is 0 Å². The van der Waals surface area contributed by atoms with Crippen molar-refractivity contribution in [2.24, 2.45) is 11.7 Å². The zero-order valence-corrected chi connectivity index (χ0v) is 8.47. The zero-order valence-electron chi connectivity index (χ0n) is 6.31. The van der Waals surface area contributed by atoms with Crippen LogP contribution in [0.1, 0.15) is 6.42 Å². The fraction of sp³-hybridized carbons (Fsp3) is 1.00. The van der Waals surface area contributed by atoms with Crippen LogP contribution in [0.25, 0.3) is 0 Å². The van der Waals surface area contributed by atoms with E-state index in [1.807, 2.05) is 22.9 Å². The number of nitrogens with zero attached hydrogens (tertiary/aromatic N) is 1. The van der Waals surface area contributed by atoms with Gasteiger partial charge < -0.3 is 5.73 Å². The number of hydrogen-bond acceptors (Lipinski definition) is 2. The van der Waals surface area contributed by atoms with Gasteiger partial charge in [-0.3, -0.25) is 0 Å². The molecule has 0 aromatic carbocycles. The van der Waals surface area contributed by atoms with E-state index in [-0.39, 0.29) is 19.0 Å². The molecule has 1 aliphatic rings. The van der Waals surface area contributed by atoms with Crippen LogP contribution in [0.3, 0.4) is 0 Å². The van der Waals surface area contributed by atoms with E-state index in [1.54, 1.807) is 3.11 Å². The molecule has 1 rings (SSSR count). The number of rotatable bonds is 0. The highest BCUT2D eigenvalue weighted by atomic mass is 127. The molecule has 0 aliphatic carbocycles. The van der Waals surface area contributed by atoms with Crippen LogP contribution in [0.2, 0.25) is 0 Å². The van der Waals surface area contributed by atoms with Gasteiger partial charge in [0.25, 0.3) is 0 Å². The summed E-state index contributed by atoms with van der Waals surface area (Å²) in [6.07, 6.45) is -4.04. The molecule has 0 radical (unpaired) electrons. The van der Waals surface area contributed by atoms with Crippen LogP contribution in [0.4, 0.5) is 13.2 Å². The van der Waals surface area contributed by atoms with Crippen LogP contribution in [0, 0.1) is 5.92 Å². The molecule has 2 N–H and O–H groups in total. The van der Waals surface area contributed by atoms with Gasteiger partial charge in [-0.15, -0.1) is 0 Å². The molecule has 0 saturated carbocycles.